The van der Waals surface area contributed by atoms with E-state index in [0.29, 0.717) is 23.6 Å². The third-order valence-electron chi connectivity index (χ3n) is 5.28. The largest absolute Gasteiger partial charge is 0.332 e. The van der Waals surface area contributed by atoms with Gasteiger partial charge in [0.05, 0.1) is 13.1 Å². The molecule has 1 amide bonds. The number of nitrogens with zero attached hydrogens (tertiary/aromatic N) is 4. The highest BCUT2D eigenvalue weighted by atomic mass is 19.1. The summed E-state index contributed by atoms with van der Waals surface area (Å²) in [7, 11) is 0. The molecule has 1 N–H and O–H groups in total. The Kier molecular flexibility index (Phi) is 5.21. The number of benzene rings is 2. The molecule has 0 saturated heterocycles. The number of nitrogens with one attached hydrogen (secondary N) is 1. The number of fused-ring (bicyclic) bond motifs is 1. The van der Waals surface area contributed by atoms with Crippen LogP contribution in [0.1, 0.15) is 21.6 Å². The van der Waals surface area contributed by atoms with Crippen LogP contribution in [-0.4, -0.2) is 25.2 Å². The number of carbonyl (C=O) groups excluding carboxylic acids is 1. The van der Waals surface area contributed by atoms with Gasteiger partial charge >= 0.3 is 0 Å². The van der Waals surface area contributed by atoms with Gasteiger partial charge in [-0.2, -0.15) is 5.10 Å². The van der Waals surface area contributed by atoms with E-state index in [9.17, 15) is 9.18 Å². The molecule has 2 aromatic carbocycles. The molecule has 3 aromatic heterocycles. The molecule has 0 bridgehead atoms. The molecule has 0 radical (unpaired) electrons. The molecule has 5 rings (SSSR count). The van der Waals surface area contributed by atoms with E-state index in [0.717, 1.165) is 16.5 Å². The fraction of sp³-hybridized carbons (Fsp3) is 0.0800. The molecule has 0 unspecified atom stereocenters. The fourth-order valence-corrected chi connectivity index (χ4v) is 3.74. The predicted octanol–water partition coefficient (Wildman–Crippen LogP) is 4.72. The van der Waals surface area contributed by atoms with Crippen LogP contribution in [0.15, 0.2) is 91.4 Å². The van der Waals surface area contributed by atoms with Crippen molar-refractivity contribution in [1.29, 1.82) is 0 Å². The Balaban J connectivity index is 1.42. The number of pyridine rings is 1. The van der Waals surface area contributed by atoms with Crippen LogP contribution in [-0.2, 0) is 13.1 Å². The smallest absolute Gasteiger partial charge is 0.273 e. The van der Waals surface area contributed by atoms with Crippen molar-refractivity contribution in [3.8, 4) is 0 Å². The Bertz CT molecular complexity index is 1390. The highest BCUT2D eigenvalue weighted by Gasteiger charge is 2.18. The van der Waals surface area contributed by atoms with Crippen LogP contribution in [0.3, 0.4) is 0 Å². The minimum atomic E-state index is -0.302. The van der Waals surface area contributed by atoms with Crippen molar-refractivity contribution in [2.75, 3.05) is 5.32 Å². The first-order chi connectivity index (χ1) is 15.7. The summed E-state index contributed by atoms with van der Waals surface area (Å²) in [5.41, 5.74) is 2.83. The molecular weight excluding hydrogens is 405 g/mol. The van der Waals surface area contributed by atoms with E-state index < -0.39 is 0 Å². The van der Waals surface area contributed by atoms with E-state index in [-0.39, 0.29) is 18.3 Å². The fourth-order valence-electron chi connectivity index (χ4n) is 3.74. The summed E-state index contributed by atoms with van der Waals surface area (Å²) < 4.78 is 17.9. The van der Waals surface area contributed by atoms with E-state index in [1.165, 1.54) is 6.07 Å². The Morgan fingerprint density at radius 1 is 0.969 bits per heavy atom. The molecule has 6 nitrogen and oxygen atoms in total. The number of para-hydroxylation sites is 1. The Labute approximate surface area is 184 Å². The molecule has 0 fully saturated rings. The maximum atomic E-state index is 14.3. The van der Waals surface area contributed by atoms with Gasteiger partial charge in [0, 0.05) is 41.1 Å². The maximum Gasteiger partial charge on any atom is 0.273 e. The number of amides is 1. The zero-order valence-electron chi connectivity index (χ0n) is 17.1. The number of hydrogen-bond donors (Lipinski definition) is 1. The predicted molar refractivity (Wildman–Crippen MR) is 121 cm³/mol. The standard InChI is InChI=1S/C25H20FN5O/c26-21-9-3-1-8-20(21)17-31-22-10-4-2-7-19(22)14-23(31)25(32)28-24-11-13-30(29-24)16-18-6-5-12-27-15-18/h1-15H,16-17H2,(H,28,29,32). The van der Waals surface area contributed by atoms with Crippen molar-refractivity contribution in [2.45, 2.75) is 13.1 Å². The number of anilines is 1. The molecule has 0 aliphatic rings. The number of halogens is 1. The van der Waals surface area contributed by atoms with Crippen LogP contribution in [0.2, 0.25) is 0 Å². The third kappa shape index (κ3) is 4.00. The number of rotatable bonds is 6. The lowest BCUT2D eigenvalue weighted by Gasteiger charge is -2.11. The normalized spacial score (nSPS) is 11.0. The second-order valence-electron chi connectivity index (χ2n) is 7.48. The molecule has 3 heterocycles. The van der Waals surface area contributed by atoms with E-state index in [1.807, 2.05) is 47.0 Å². The third-order valence-corrected chi connectivity index (χ3v) is 5.28. The average molecular weight is 425 g/mol. The zero-order chi connectivity index (χ0) is 21.9. The highest BCUT2D eigenvalue weighted by molar-refractivity contribution is 6.06. The van der Waals surface area contributed by atoms with E-state index in [1.54, 1.807) is 47.5 Å². The Morgan fingerprint density at radius 3 is 2.66 bits per heavy atom. The number of aromatic nitrogens is 4. The second kappa shape index (κ2) is 8.47. The Hall–Kier alpha value is -4.26. The zero-order valence-corrected chi connectivity index (χ0v) is 17.1. The van der Waals surface area contributed by atoms with Crippen molar-refractivity contribution < 1.29 is 9.18 Å². The van der Waals surface area contributed by atoms with Crippen LogP contribution < -0.4 is 5.32 Å². The quantitative estimate of drug-likeness (QED) is 0.428. The summed E-state index contributed by atoms with van der Waals surface area (Å²) in [6, 6.07) is 21.7. The van der Waals surface area contributed by atoms with Crippen LogP contribution in [0, 0.1) is 5.82 Å². The summed E-state index contributed by atoms with van der Waals surface area (Å²) in [6.07, 6.45) is 5.30. The summed E-state index contributed by atoms with van der Waals surface area (Å²) >= 11 is 0. The van der Waals surface area contributed by atoms with Gasteiger partial charge in [-0.25, -0.2) is 4.39 Å². The molecule has 0 saturated carbocycles. The van der Waals surface area contributed by atoms with Crippen molar-refractivity contribution in [3.63, 3.8) is 0 Å². The first-order valence-corrected chi connectivity index (χ1v) is 10.2. The summed E-state index contributed by atoms with van der Waals surface area (Å²) in [4.78, 5) is 17.3. The molecule has 0 spiro atoms. The minimum absolute atomic E-state index is 0.248. The molecule has 0 aliphatic carbocycles. The van der Waals surface area contributed by atoms with E-state index >= 15 is 0 Å². The van der Waals surface area contributed by atoms with Crippen molar-refractivity contribution in [2.24, 2.45) is 0 Å². The van der Waals surface area contributed by atoms with Gasteiger partial charge in [0.15, 0.2) is 5.82 Å². The van der Waals surface area contributed by atoms with Gasteiger partial charge in [-0.05, 0) is 29.8 Å². The highest BCUT2D eigenvalue weighted by Crippen LogP contribution is 2.23. The van der Waals surface area contributed by atoms with E-state index in [2.05, 4.69) is 15.4 Å². The molecule has 0 aliphatic heterocycles. The van der Waals surface area contributed by atoms with Crippen LogP contribution in [0.5, 0.6) is 0 Å². The van der Waals surface area contributed by atoms with Gasteiger partial charge in [0.1, 0.15) is 11.5 Å². The molecule has 7 heteroatoms. The number of hydrogen-bond acceptors (Lipinski definition) is 3. The molecule has 5 aromatic rings. The minimum Gasteiger partial charge on any atom is -0.332 e. The van der Waals surface area contributed by atoms with Gasteiger partial charge < -0.3 is 9.88 Å². The lowest BCUT2D eigenvalue weighted by Crippen LogP contribution is -2.18. The second-order valence-corrected chi connectivity index (χ2v) is 7.48. The lowest BCUT2D eigenvalue weighted by molar-refractivity contribution is 0.101. The lowest BCUT2D eigenvalue weighted by atomic mass is 10.2. The number of carbonyl (C=O) groups is 1. The van der Waals surface area contributed by atoms with E-state index in [4.69, 9.17) is 0 Å². The van der Waals surface area contributed by atoms with Crippen molar-refractivity contribution >= 4 is 22.6 Å². The monoisotopic (exact) mass is 425 g/mol. The maximum absolute atomic E-state index is 14.3. The summed E-state index contributed by atoms with van der Waals surface area (Å²) in [5, 5.41) is 8.22. The van der Waals surface area contributed by atoms with Gasteiger partial charge in [-0.1, -0.05) is 42.5 Å². The SMILES string of the molecule is O=C(Nc1ccn(Cc2cccnc2)n1)c1cc2ccccc2n1Cc1ccccc1F. The van der Waals surface area contributed by atoms with Crippen LogP contribution in [0.4, 0.5) is 10.2 Å². The molecule has 158 valence electrons. The van der Waals surface area contributed by atoms with Crippen molar-refractivity contribution in [3.05, 3.63) is 114 Å². The Morgan fingerprint density at radius 2 is 1.81 bits per heavy atom. The van der Waals surface area contributed by atoms with Gasteiger partial charge in [-0.3, -0.25) is 14.5 Å². The molecular formula is C25H20FN5O. The van der Waals surface area contributed by atoms with Crippen LogP contribution >= 0.6 is 0 Å². The first kappa shape index (κ1) is 19.7. The topological polar surface area (TPSA) is 64.7 Å². The molecule has 32 heavy (non-hydrogen) atoms. The average Bonchev–Trinajstić information content (AvgIpc) is 3.40. The summed E-state index contributed by atoms with van der Waals surface area (Å²) in [6.45, 7) is 0.801. The van der Waals surface area contributed by atoms with Gasteiger partial charge in [-0.15, -0.1) is 0 Å². The summed E-state index contributed by atoms with van der Waals surface area (Å²) in [5.74, 6) is -0.156. The van der Waals surface area contributed by atoms with Gasteiger partial charge in [0.2, 0.25) is 0 Å². The van der Waals surface area contributed by atoms with Gasteiger partial charge in [0.25, 0.3) is 5.91 Å². The van der Waals surface area contributed by atoms with Crippen molar-refractivity contribution in [1.82, 2.24) is 19.3 Å². The molecule has 0 atom stereocenters. The first-order valence-electron chi connectivity index (χ1n) is 10.2. The van der Waals surface area contributed by atoms with Crippen LogP contribution in [0.25, 0.3) is 10.9 Å².